The number of hydrogen-bond acceptors (Lipinski definition) is 2. The van der Waals surface area contributed by atoms with E-state index in [0.29, 0.717) is 5.02 Å². The van der Waals surface area contributed by atoms with Crippen molar-refractivity contribution in [2.75, 3.05) is 13.1 Å². The maximum absolute atomic E-state index is 9.67. The van der Waals surface area contributed by atoms with Crippen molar-refractivity contribution in [1.29, 1.82) is 0 Å². The van der Waals surface area contributed by atoms with Gasteiger partial charge in [0, 0.05) is 0 Å². The second-order valence-electron chi connectivity index (χ2n) is 5.03. The highest BCUT2D eigenvalue weighted by atomic mass is 35.5. The molecule has 1 aliphatic rings. The van der Waals surface area contributed by atoms with Crippen molar-refractivity contribution in [1.82, 2.24) is 5.32 Å². The maximum atomic E-state index is 9.67. The molecule has 0 aromatic heterocycles. The average molecular weight is 254 g/mol. The molecular weight excluding hydrogens is 234 g/mol. The van der Waals surface area contributed by atoms with Crippen LogP contribution in [0.4, 0.5) is 0 Å². The van der Waals surface area contributed by atoms with E-state index in [-0.39, 0.29) is 5.75 Å². The van der Waals surface area contributed by atoms with E-state index in [9.17, 15) is 5.11 Å². The second kappa shape index (κ2) is 5.28. The van der Waals surface area contributed by atoms with Gasteiger partial charge in [-0.15, -0.1) is 0 Å². The Morgan fingerprint density at radius 2 is 2.00 bits per heavy atom. The quantitative estimate of drug-likeness (QED) is 0.848. The molecule has 0 saturated carbocycles. The predicted molar refractivity (Wildman–Crippen MR) is 71.9 cm³/mol. The molecule has 0 radical (unpaired) electrons. The normalized spacial score (nSPS) is 17.4. The van der Waals surface area contributed by atoms with E-state index in [1.807, 2.05) is 6.92 Å². The van der Waals surface area contributed by atoms with Gasteiger partial charge in [0.05, 0.1) is 5.02 Å². The molecule has 2 rings (SSSR count). The van der Waals surface area contributed by atoms with Crippen LogP contribution in [0.2, 0.25) is 5.02 Å². The predicted octanol–water partition coefficient (Wildman–Crippen LogP) is 3.20. The standard InChI is InChI=1S/C14H20ClNO/c1-9-7-13(17)14(15)10(2)12(9)8-11-3-5-16-6-4-11/h7,11,16-17H,3-6,8H2,1-2H3. The van der Waals surface area contributed by atoms with Crippen LogP contribution in [-0.2, 0) is 6.42 Å². The fourth-order valence-corrected chi connectivity index (χ4v) is 2.83. The zero-order valence-electron chi connectivity index (χ0n) is 10.5. The van der Waals surface area contributed by atoms with Crippen molar-refractivity contribution in [3.8, 4) is 5.75 Å². The largest absolute Gasteiger partial charge is 0.506 e. The molecule has 1 saturated heterocycles. The zero-order valence-corrected chi connectivity index (χ0v) is 11.3. The topological polar surface area (TPSA) is 32.3 Å². The Bertz CT molecular complexity index is 411. The molecule has 0 bridgehead atoms. The molecule has 0 amide bonds. The third kappa shape index (κ3) is 2.75. The number of phenols is 1. The summed E-state index contributed by atoms with van der Waals surface area (Å²) in [5, 5.41) is 13.6. The van der Waals surface area contributed by atoms with Gasteiger partial charge < -0.3 is 10.4 Å². The molecular formula is C14H20ClNO. The SMILES string of the molecule is Cc1cc(O)c(Cl)c(C)c1CC1CCNCC1. The summed E-state index contributed by atoms with van der Waals surface area (Å²) in [4.78, 5) is 0. The molecule has 0 atom stereocenters. The van der Waals surface area contributed by atoms with Crippen LogP contribution in [0, 0.1) is 19.8 Å². The molecule has 1 aliphatic heterocycles. The number of aryl methyl sites for hydroxylation is 1. The Morgan fingerprint density at radius 1 is 1.35 bits per heavy atom. The van der Waals surface area contributed by atoms with E-state index in [1.54, 1.807) is 6.07 Å². The monoisotopic (exact) mass is 253 g/mol. The molecule has 1 aromatic carbocycles. The van der Waals surface area contributed by atoms with Crippen LogP contribution in [0.3, 0.4) is 0 Å². The van der Waals surface area contributed by atoms with Gasteiger partial charge in [0.1, 0.15) is 5.75 Å². The van der Waals surface area contributed by atoms with Crippen LogP contribution in [0.15, 0.2) is 6.07 Å². The van der Waals surface area contributed by atoms with Crippen LogP contribution < -0.4 is 5.32 Å². The molecule has 1 heterocycles. The first-order valence-corrected chi connectivity index (χ1v) is 6.65. The Balaban J connectivity index is 2.22. The van der Waals surface area contributed by atoms with Crippen LogP contribution in [0.5, 0.6) is 5.75 Å². The summed E-state index contributed by atoms with van der Waals surface area (Å²) in [5.74, 6) is 0.949. The van der Waals surface area contributed by atoms with E-state index in [0.717, 1.165) is 36.6 Å². The van der Waals surface area contributed by atoms with Gasteiger partial charge in [-0.1, -0.05) is 11.6 Å². The number of hydrogen-bond donors (Lipinski definition) is 2. The van der Waals surface area contributed by atoms with E-state index in [4.69, 9.17) is 11.6 Å². The summed E-state index contributed by atoms with van der Waals surface area (Å²) in [6, 6.07) is 1.78. The molecule has 17 heavy (non-hydrogen) atoms. The van der Waals surface area contributed by atoms with Crippen molar-refractivity contribution >= 4 is 11.6 Å². The van der Waals surface area contributed by atoms with Crippen molar-refractivity contribution < 1.29 is 5.11 Å². The Hall–Kier alpha value is -0.730. The summed E-state index contributed by atoms with van der Waals surface area (Å²) < 4.78 is 0. The molecule has 1 aromatic rings. The van der Waals surface area contributed by atoms with Crippen molar-refractivity contribution in [2.24, 2.45) is 5.92 Å². The highest BCUT2D eigenvalue weighted by Crippen LogP contribution is 2.33. The van der Waals surface area contributed by atoms with Gasteiger partial charge in [0.25, 0.3) is 0 Å². The lowest BCUT2D eigenvalue weighted by Gasteiger charge is -2.24. The van der Waals surface area contributed by atoms with E-state index >= 15 is 0 Å². The van der Waals surface area contributed by atoms with Gasteiger partial charge in [0.2, 0.25) is 0 Å². The lowest BCUT2D eigenvalue weighted by Crippen LogP contribution is -2.28. The first-order valence-electron chi connectivity index (χ1n) is 6.28. The molecule has 1 fully saturated rings. The molecule has 94 valence electrons. The third-order valence-electron chi connectivity index (χ3n) is 3.79. The van der Waals surface area contributed by atoms with Crippen molar-refractivity contribution in [3.05, 3.63) is 27.8 Å². The maximum Gasteiger partial charge on any atom is 0.134 e. The van der Waals surface area contributed by atoms with Gasteiger partial charge in [-0.2, -0.15) is 0 Å². The average Bonchev–Trinajstić information content (AvgIpc) is 2.33. The lowest BCUT2D eigenvalue weighted by atomic mass is 9.87. The zero-order chi connectivity index (χ0) is 12.4. The van der Waals surface area contributed by atoms with Gasteiger partial charge in [0.15, 0.2) is 0 Å². The van der Waals surface area contributed by atoms with Crippen molar-refractivity contribution in [3.63, 3.8) is 0 Å². The van der Waals surface area contributed by atoms with Gasteiger partial charge in [-0.25, -0.2) is 0 Å². The van der Waals surface area contributed by atoms with Crippen molar-refractivity contribution in [2.45, 2.75) is 33.1 Å². The fraction of sp³-hybridized carbons (Fsp3) is 0.571. The fourth-order valence-electron chi connectivity index (χ4n) is 2.66. The van der Waals surface area contributed by atoms with Crippen LogP contribution in [0.1, 0.15) is 29.5 Å². The molecule has 2 nitrogen and oxygen atoms in total. The van der Waals surface area contributed by atoms with Gasteiger partial charge in [-0.05, 0) is 74.9 Å². The van der Waals surface area contributed by atoms with E-state index in [2.05, 4.69) is 12.2 Å². The van der Waals surface area contributed by atoms with Gasteiger partial charge in [-0.3, -0.25) is 0 Å². The van der Waals surface area contributed by atoms with Crippen LogP contribution in [0.25, 0.3) is 0 Å². The minimum Gasteiger partial charge on any atom is -0.506 e. The Labute approximate surface area is 108 Å². The number of aromatic hydroxyl groups is 1. The number of piperidine rings is 1. The van der Waals surface area contributed by atoms with Crippen LogP contribution in [-0.4, -0.2) is 18.2 Å². The van der Waals surface area contributed by atoms with Gasteiger partial charge >= 0.3 is 0 Å². The number of nitrogens with one attached hydrogen (secondary N) is 1. The number of rotatable bonds is 2. The van der Waals surface area contributed by atoms with Crippen LogP contribution >= 0.6 is 11.6 Å². The lowest BCUT2D eigenvalue weighted by molar-refractivity contribution is 0.371. The Morgan fingerprint density at radius 3 is 2.65 bits per heavy atom. The summed E-state index contributed by atoms with van der Waals surface area (Å²) >= 11 is 6.11. The first kappa shape index (κ1) is 12.7. The molecule has 0 spiro atoms. The van der Waals surface area contributed by atoms with E-state index < -0.39 is 0 Å². The summed E-state index contributed by atoms with van der Waals surface area (Å²) in [7, 11) is 0. The molecule has 3 heteroatoms. The highest BCUT2D eigenvalue weighted by molar-refractivity contribution is 6.32. The molecule has 2 N–H and O–H groups in total. The minimum absolute atomic E-state index is 0.204. The molecule has 0 aliphatic carbocycles. The highest BCUT2D eigenvalue weighted by Gasteiger charge is 2.18. The summed E-state index contributed by atoms with van der Waals surface area (Å²) in [5.41, 5.74) is 3.52. The minimum atomic E-state index is 0.204. The summed E-state index contributed by atoms with van der Waals surface area (Å²) in [6.45, 7) is 6.30. The van der Waals surface area contributed by atoms with E-state index in [1.165, 1.54) is 18.4 Å². The Kier molecular flexibility index (Phi) is 3.95. The first-order chi connectivity index (χ1) is 8.09. The number of benzene rings is 1. The number of phenolic OH excluding ortho intramolecular Hbond substituents is 1. The third-order valence-corrected chi connectivity index (χ3v) is 4.26. The smallest absolute Gasteiger partial charge is 0.134 e. The molecule has 0 unspecified atom stereocenters. The second-order valence-corrected chi connectivity index (χ2v) is 5.41. The summed E-state index contributed by atoms with van der Waals surface area (Å²) in [6.07, 6.45) is 3.55. The number of halogens is 1.